The molecule has 3 rings (SSSR count). The first-order chi connectivity index (χ1) is 13.8. The number of rotatable bonds is 7. The van der Waals surface area contributed by atoms with E-state index in [4.69, 9.17) is 11.6 Å². The van der Waals surface area contributed by atoms with Crippen molar-refractivity contribution >= 4 is 43.3 Å². The van der Waals surface area contributed by atoms with Crippen LogP contribution in [0, 0.1) is 6.92 Å². The number of carbonyl (C=O) groups excluding carboxylic acids is 1. The van der Waals surface area contributed by atoms with Crippen LogP contribution >= 0.6 is 27.5 Å². The summed E-state index contributed by atoms with van der Waals surface area (Å²) in [6, 6.07) is 20.9. The number of aryl methyl sites for hydroxylation is 1. The zero-order chi connectivity index (χ0) is 21.0. The Hall–Kier alpha value is -1.99. The molecule has 0 aromatic heterocycles. The third-order valence-corrected chi connectivity index (χ3v) is 7.20. The quantitative estimate of drug-likeness (QED) is 0.359. The highest BCUT2D eigenvalue weighted by molar-refractivity contribution is 9.09. The van der Waals surface area contributed by atoms with E-state index < -0.39 is 20.9 Å². The standard InChI is InChI=1S/C22H19BrClNO3S/c1-15-7-13-19(14-8-15)29(27,28)25-21(22(26)17-5-3-2-4-6-17)20(23)16-9-11-18(24)12-10-16/h2-14,20-21,25H,1H3/t20-,21-/m0/s1. The molecule has 4 nitrogen and oxygen atoms in total. The van der Waals surface area contributed by atoms with Gasteiger partial charge in [-0.25, -0.2) is 8.42 Å². The number of ketones is 1. The first-order valence-corrected chi connectivity index (χ1v) is 11.6. The summed E-state index contributed by atoms with van der Waals surface area (Å²) in [7, 11) is -3.92. The van der Waals surface area contributed by atoms with Gasteiger partial charge in [0.05, 0.1) is 9.72 Å². The zero-order valence-electron chi connectivity index (χ0n) is 15.5. The van der Waals surface area contributed by atoms with Gasteiger partial charge >= 0.3 is 0 Å². The second kappa shape index (κ2) is 9.22. The predicted octanol–water partition coefficient (Wildman–Crippen LogP) is 5.31. The number of alkyl halides is 1. The van der Waals surface area contributed by atoms with Crippen LogP contribution in [-0.2, 0) is 10.0 Å². The monoisotopic (exact) mass is 491 g/mol. The molecule has 0 unspecified atom stereocenters. The summed E-state index contributed by atoms with van der Waals surface area (Å²) < 4.78 is 28.5. The molecule has 29 heavy (non-hydrogen) atoms. The fourth-order valence-corrected chi connectivity index (χ4v) is 5.01. The molecule has 0 heterocycles. The molecule has 1 N–H and O–H groups in total. The smallest absolute Gasteiger partial charge is 0.241 e. The molecule has 7 heteroatoms. The minimum atomic E-state index is -3.92. The molecule has 0 amide bonds. The fraction of sp³-hybridized carbons (Fsp3) is 0.136. The summed E-state index contributed by atoms with van der Waals surface area (Å²) in [5, 5.41) is 0.555. The van der Waals surface area contributed by atoms with E-state index in [-0.39, 0.29) is 10.7 Å². The molecule has 0 saturated carbocycles. The second-order valence-electron chi connectivity index (χ2n) is 6.60. The maximum absolute atomic E-state index is 13.2. The van der Waals surface area contributed by atoms with Gasteiger partial charge in [0.25, 0.3) is 0 Å². The number of benzene rings is 3. The van der Waals surface area contributed by atoms with Crippen LogP contribution in [0.4, 0.5) is 0 Å². The Kier molecular flexibility index (Phi) is 6.90. The number of carbonyl (C=O) groups is 1. The van der Waals surface area contributed by atoms with Gasteiger partial charge < -0.3 is 0 Å². The van der Waals surface area contributed by atoms with Crippen molar-refractivity contribution < 1.29 is 13.2 Å². The van der Waals surface area contributed by atoms with Crippen LogP contribution in [0.1, 0.15) is 26.3 Å². The Morgan fingerprint density at radius 1 is 0.931 bits per heavy atom. The van der Waals surface area contributed by atoms with E-state index in [0.29, 0.717) is 10.6 Å². The van der Waals surface area contributed by atoms with Crippen molar-refractivity contribution in [3.8, 4) is 0 Å². The lowest BCUT2D eigenvalue weighted by atomic mass is 9.98. The minimum absolute atomic E-state index is 0.102. The van der Waals surface area contributed by atoms with E-state index in [0.717, 1.165) is 11.1 Å². The average Bonchev–Trinajstić information content (AvgIpc) is 2.72. The molecule has 0 fully saturated rings. The third-order valence-electron chi connectivity index (χ3n) is 4.44. The van der Waals surface area contributed by atoms with Crippen molar-refractivity contribution in [3.05, 3.63) is 101 Å². The molecule has 3 aromatic rings. The minimum Gasteiger partial charge on any atom is -0.292 e. The number of sulfonamides is 1. The highest BCUT2D eigenvalue weighted by atomic mass is 79.9. The third kappa shape index (κ3) is 5.34. The molecular weight excluding hydrogens is 474 g/mol. The number of hydrogen-bond donors (Lipinski definition) is 1. The highest BCUT2D eigenvalue weighted by Gasteiger charge is 2.33. The topological polar surface area (TPSA) is 63.2 Å². The summed E-state index contributed by atoms with van der Waals surface area (Å²) in [6.07, 6.45) is 0. The predicted molar refractivity (Wildman–Crippen MR) is 119 cm³/mol. The van der Waals surface area contributed by atoms with Gasteiger partial charge in [-0.15, -0.1) is 0 Å². The first kappa shape index (κ1) is 21.7. The summed E-state index contributed by atoms with van der Waals surface area (Å²) in [6.45, 7) is 1.88. The van der Waals surface area contributed by atoms with Gasteiger partial charge in [0.15, 0.2) is 5.78 Å². The van der Waals surface area contributed by atoms with Crippen LogP contribution in [0.2, 0.25) is 5.02 Å². The summed E-state index contributed by atoms with van der Waals surface area (Å²) in [5.41, 5.74) is 2.10. The van der Waals surface area contributed by atoms with E-state index in [2.05, 4.69) is 20.7 Å². The van der Waals surface area contributed by atoms with Gasteiger partial charge in [-0.05, 0) is 36.8 Å². The number of halogens is 2. The van der Waals surface area contributed by atoms with Crippen molar-refractivity contribution in [2.75, 3.05) is 0 Å². The van der Waals surface area contributed by atoms with E-state index in [1.807, 2.05) is 6.92 Å². The molecule has 0 spiro atoms. The van der Waals surface area contributed by atoms with Crippen LogP contribution in [0.15, 0.2) is 83.8 Å². The molecule has 150 valence electrons. The molecule has 0 saturated heterocycles. The Morgan fingerprint density at radius 3 is 2.10 bits per heavy atom. The van der Waals surface area contributed by atoms with Gasteiger partial charge in [0, 0.05) is 10.6 Å². The Labute approximate surface area is 184 Å². The maximum Gasteiger partial charge on any atom is 0.241 e. The van der Waals surface area contributed by atoms with Crippen molar-refractivity contribution in [2.24, 2.45) is 0 Å². The van der Waals surface area contributed by atoms with Crippen molar-refractivity contribution in [1.82, 2.24) is 4.72 Å². The second-order valence-corrected chi connectivity index (χ2v) is 9.73. The van der Waals surface area contributed by atoms with Crippen molar-refractivity contribution in [3.63, 3.8) is 0 Å². The van der Waals surface area contributed by atoms with Crippen LogP contribution in [-0.4, -0.2) is 20.2 Å². The fourth-order valence-electron chi connectivity index (χ4n) is 2.82. The SMILES string of the molecule is Cc1ccc(S(=O)(=O)N[C@H](C(=O)c2ccccc2)[C@@H](Br)c2ccc(Cl)cc2)cc1. The Morgan fingerprint density at radius 2 is 1.52 bits per heavy atom. The molecule has 0 aliphatic carbocycles. The molecule has 0 aliphatic rings. The Bertz CT molecular complexity index is 1090. The van der Waals surface area contributed by atoms with Gasteiger partial charge in [-0.3, -0.25) is 4.79 Å². The van der Waals surface area contributed by atoms with Gasteiger partial charge in [-0.1, -0.05) is 87.7 Å². The number of hydrogen-bond acceptors (Lipinski definition) is 3. The highest BCUT2D eigenvalue weighted by Crippen LogP contribution is 2.30. The molecule has 0 bridgehead atoms. The van der Waals surface area contributed by atoms with Gasteiger partial charge in [-0.2, -0.15) is 4.72 Å². The van der Waals surface area contributed by atoms with Crippen molar-refractivity contribution in [1.29, 1.82) is 0 Å². The first-order valence-electron chi connectivity index (χ1n) is 8.86. The molecule has 0 radical (unpaired) electrons. The van der Waals surface area contributed by atoms with Crippen LogP contribution in [0.25, 0.3) is 0 Å². The lowest BCUT2D eigenvalue weighted by Gasteiger charge is -2.23. The molecule has 0 aliphatic heterocycles. The van der Waals surface area contributed by atoms with E-state index in [9.17, 15) is 13.2 Å². The summed E-state index contributed by atoms with van der Waals surface area (Å²) in [5.74, 6) is -0.335. The molecule has 2 atom stereocenters. The van der Waals surface area contributed by atoms with Gasteiger partial charge in [0.1, 0.15) is 6.04 Å². The molecule has 3 aromatic carbocycles. The van der Waals surface area contributed by atoms with E-state index in [1.54, 1.807) is 66.7 Å². The van der Waals surface area contributed by atoms with Crippen LogP contribution < -0.4 is 4.72 Å². The zero-order valence-corrected chi connectivity index (χ0v) is 18.7. The van der Waals surface area contributed by atoms with Gasteiger partial charge in [0.2, 0.25) is 10.0 Å². The van der Waals surface area contributed by atoms with Crippen molar-refractivity contribution in [2.45, 2.75) is 22.7 Å². The Balaban J connectivity index is 1.99. The van der Waals surface area contributed by atoms with E-state index >= 15 is 0 Å². The molecular formula is C22H19BrClNO3S. The van der Waals surface area contributed by atoms with Crippen LogP contribution in [0.3, 0.4) is 0 Å². The summed E-state index contributed by atoms with van der Waals surface area (Å²) in [4.78, 5) is 12.7. The summed E-state index contributed by atoms with van der Waals surface area (Å²) >= 11 is 9.48. The lowest BCUT2D eigenvalue weighted by molar-refractivity contribution is 0.0952. The maximum atomic E-state index is 13.2. The van der Waals surface area contributed by atoms with Crippen LogP contribution in [0.5, 0.6) is 0 Å². The largest absolute Gasteiger partial charge is 0.292 e. The number of nitrogens with one attached hydrogen (secondary N) is 1. The number of Topliss-reactive ketones (excluding diaryl/α,β-unsaturated/α-hetero) is 1. The average molecular weight is 493 g/mol. The lowest BCUT2D eigenvalue weighted by Crippen LogP contribution is -2.43. The normalized spacial score (nSPS) is 13.6. The van der Waals surface area contributed by atoms with E-state index in [1.165, 1.54) is 12.1 Å².